The maximum Gasteiger partial charge on any atom is 0.118 e. The molecule has 0 unspecified atom stereocenters. The SMILES string of the molecule is COc1ccc(C2(CN)CCC2)cc1.Cl. The Hall–Kier alpha value is -0.730. The lowest BCUT2D eigenvalue weighted by molar-refractivity contribution is 0.253. The summed E-state index contributed by atoms with van der Waals surface area (Å²) < 4.78 is 5.14. The molecule has 0 spiro atoms. The van der Waals surface area contributed by atoms with Crippen LogP contribution in [0.4, 0.5) is 0 Å². The first-order chi connectivity index (χ1) is 6.80. The van der Waals surface area contributed by atoms with E-state index in [1.54, 1.807) is 7.11 Å². The normalized spacial score (nSPS) is 17.5. The van der Waals surface area contributed by atoms with Gasteiger partial charge in [0.2, 0.25) is 0 Å². The highest BCUT2D eigenvalue weighted by atomic mass is 35.5. The minimum absolute atomic E-state index is 0. The topological polar surface area (TPSA) is 35.2 Å². The summed E-state index contributed by atoms with van der Waals surface area (Å²) in [4.78, 5) is 0. The van der Waals surface area contributed by atoms with Gasteiger partial charge in [-0.3, -0.25) is 0 Å². The Kier molecular flexibility index (Phi) is 4.00. The van der Waals surface area contributed by atoms with E-state index in [1.807, 2.05) is 12.1 Å². The number of benzene rings is 1. The van der Waals surface area contributed by atoms with Crippen molar-refractivity contribution in [3.8, 4) is 5.75 Å². The molecule has 0 aromatic heterocycles. The van der Waals surface area contributed by atoms with Gasteiger partial charge in [0.25, 0.3) is 0 Å². The number of nitrogens with two attached hydrogens (primary N) is 1. The van der Waals surface area contributed by atoms with Gasteiger partial charge in [-0.1, -0.05) is 18.6 Å². The summed E-state index contributed by atoms with van der Waals surface area (Å²) in [5.41, 5.74) is 7.48. The molecule has 1 aliphatic carbocycles. The Balaban J connectivity index is 0.00000112. The minimum atomic E-state index is 0. The van der Waals surface area contributed by atoms with Crippen LogP contribution < -0.4 is 10.5 Å². The number of rotatable bonds is 3. The fourth-order valence-electron chi connectivity index (χ4n) is 2.16. The van der Waals surface area contributed by atoms with Crippen LogP contribution in [0, 0.1) is 0 Å². The van der Waals surface area contributed by atoms with Crippen LogP contribution >= 0.6 is 12.4 Å². The molecule has 0 bridgehead atoms. The van der Waals surface area contributed by atoms with Crippen molar-refractivity contribution in [2.45, 2.75) is 24.7 Å². The monoisotopic (exact) mass is 227 g/mol. The molecular weight excluding hydrogens is 210 g/mol. The van der Waals surface area contributed by atoms with Gasteiger partial charge >= 0.3 is 0 Å². The summed E-state index contributed by atoms with van der Waals surface area (Å²) >= 11 is 0. The molecule has 0 heterocycles. The van der Waals surface area contributed by atoms with Crippen LogP contribution in [-0.2, 0) is 5.41 Å². The highest BCUT2D eigenvalue weighted by Gasteiger charge is 2.36. The first-order valence-corrected chi connectivity index (χ1v) is 5.15. The lowest BCUT2D eigenvalue weighted by Gasteiger charge is -2.41. The van der Waals surface area contributed by atoms with Gasteiger partial charge in [-0.2, -0.15) is 0 Å². The lowest BCUT2D eigenvalue weighted by atomic mass is 9.64. The maximum absolute atomic E-state index is 5.84. The molecule has 0 saturated heterocycles. The van der Waals surface area contributed by atoms with Gasteiger partial charge in [0.15, 0.2) is 0 Å². The fourth-order valence-corrected chi connectivity index (χ4v) is 2.16. The minimum Gasteiger partial charge on any atom is -0.497 e. The Morgan fingerprint density at radius 2 is 1.87 bits per heavy atom. The number of ether oxygens (including phenoxy) is 1. The van der Waals surface area contributed by atoms with E-state index in [4.69, 9.17) is 10.5 Å². The summed E-state index contributed by atoms with van der Waals surface area (Å²) in [6.07, 6.45) is 3.77. The van der Waals surface area contributed by atoms with Gasteiger partial charge in [0.05, 0.1) is 7.11 Å². The Bertz CT molecular complexity index is 300. The van der Waals surface area contributed by atoms with E-state index in [-0.39, 0.29) is 17.8 Å². The van der Waals surface area contributed by atoms with Crippen molar-refractivity contribution in [3.63, 3.8) is 0 Å². The second-order valence-electron chi connectivity index (χ2n) is 4.07. The van der Waals surface area contributed by atoms with Crippen molar-refractivity contribution in [1.29, 1.82) is 0 Å². The van der Waals surface area contributed by atoms with Crippen molar-refractivity contribution in [3.05, 3.63) is 29.8 Å². The van der Waals surface area contributed by atoms with E-state index in [1.165, 1.54) is 24.8 Å². The number of methoxy groups -OCH3 is 1. The Labute approximate surface area is 97.2 Å². The lowest BCUT2D eigenvalue weighted by Crippen LogP contribution is -2.41. The van der Waals surface area contributed by atoms with Crippen LogP contribution in [0.3, 0.4) is 0 Å². The fraction of sp³-hybridized carbons (Fsp3) is 0.500. The molecule has 1 aromatic carbocycles. The molecular formula is C12H18ClNO. The molecule has 0 aliphatic heterocycles. The van der Waals surface area contributed by atoms with Crippen LogP contribution in [0.5, 0.6) is 5.75 Å². The smallest absolute Gasteiger partial charge is 0.118 e. The van der Waals surface area contributed by atoms with Gasteiger partial charge in [-0.15, -0.1) is 12.4 Å². The number of halogens is 1. The summed E-state index contributed by atoms with van der Waals surface area (Å²) in [6, 6.07) is 8.33. The number of hydrogen-bond donors (Lipinski definition) is 1. The quantitative estimate of drug-likeness (QED) is 0.861. The number of hydrogen-bond acceptors (Lipinski definition) is 2. The first-order valence-electron chi connectivity index (χ1n) is 5.15. The van der Waals surface area contributed by atoms with Crippen LogP contribution in [0.2, 0.25) is 0 Å². The molecule has 0 radical (unpaired) electrons. The summed E-state index contributed by atoms with van der Waals surface area (Å²) in [5, 5.41) is 0. The summed E-state index contributed by atoms with van der Waals surface area (Å²) in [7, 11) is 1.69. The van der Waals surface area contributed by atoms with E-state index in [0.29, 0.717) is 0 Å². The molecule has 0 amide bonds. The van der Waals surface area contributed by atoms with Gasteiger partial charge < -0.3 is 10.5 Å². The predicted octanol–water partition coefficient (Wildman–Crippen LogP) is 2.50. The summed E-state index contributed by atoms with van der Waals surface area (Å²) in [5.74, 6) is 0.917. The van der Waals surface area contributed by atoms with Crippen molar-refractivity contribution < 1.29 is 4.74 Å². The second-order valence-corrected chi connectivity index (χ2v) is 4.07. The molecule has 15 heavy (non-hydrogen) atoms. The molecule has 1 aliphatic rings. The zero-order valence-electron chi connectivity index (χ0n) is 9.03. The molecule has 2 rings (SSSR count). The molecule has 1 aromatic rings. The molecule has 3 heteroatoms. The Morgan fingerprint density at radius 3 is 2.20 bits per heavy atom. The van der Waals surface area contributed by atoms with Gasteiger partial charge in [-0.25, -0.2) is 0 Å². The summed E-state index contributed by atoms with van der Waals surface area (Å²) in [6.45, 7) is 0.763. The van der Waals surface area contributed by atoms with Crippen molar-refractivity contribution >= 4 is 12.4 Å². The predicted molar refractivity (Wildman–Crippen MR) is 64.8 cm³/mol. The highest BCUT2D eigenvalue weighted by molar-refractivity contribution is 5.85. The Morgan fingerprint density at radius 1 is 1.27 bits per heavy atom. The second kappa shape index (κ2) is 4.86. The standard InChI is InChI=1S/C12H17NO.ClH/c1-14-11-5-3-10(4-6-11)12(9-13)7-2-8-12;/h3-6H,2,7-9,13H2,1H3;1H. The van der Waals surface area contributed by atoms with E-state index < -0.39 is 0 Å². The first kappa shape index (κ1) is 12.3. The van der Waals surface area contributed by atoms with Crippen LogP contribution in [0.1, 0.15) is 24.8 Å². The highest BCUT2D eigenvalue weighted by Crippen LogP contribution is 2.42. The molecule has 2 nitrogen and oxygen atoms in total. The van der Waals surface area contributed by atoms with E-state index in [9.17, 15) is 0 Å². The van der Waals surface area contributed by atoms with Crippen molar-refractivity contribution in [2.24, 2.45) is 5.73 Å². The zero-order chi connectivity index (χ0) is 10.0. The maximum atomic E-state index is 5.84. The zero-order valence-corrected chi connectivity index (χ0v) is 9.85. The molecule has 84 valence electrons. The van der Waals surface area contributed by atoms with Crippen LogP contribution in [0.25, 0.3) is 0 Å². The van der Waals surface area contributed by atoms with Crippen LogP contribution in [0.15, 0.2) is 24.3 Å². The molecule has 1 fully saturated rings. The van der Waals surface area contributed by atoms with Crippen molar-refractivity contribution in [2.75, 3.05) is 13.7 Å². The van der Waals surface area contributed by atoms with E-state index >= 15 is 0 Å². The molecule has 2 N–H and O–H groups in total. The third kappa shape index (κ3) is 2.11. The third-order valence-corrected chi connectivity index (χ3v) is 3.40. The van der Waals surface area contributed by atoms with E-state index in [2.05, 4.69) is 12.1 Å². The average Bonchev–Trinajstić information content (AvgIpc) is 2.18. The molecule has 0 atom stereocenters. The van der Waals surface area contributed by atoms with Gasteiger partial charge in [0.1, 0.15) is 5.75 Å². The third-order valence-electron chi connectivity index (χ3n) is 3.40. The van der Waals surface area contributed by atoms with Gasteiger partial charge in [-0.05, 0) is 30.5 Å². The average molecular weight is 228 g/mol. The molecule has 1 saturated carbocycles. The largest absolute Gasteiger partial charge is 0.497 e. The van der Waals surface area contributed by atoms with E-state index in [0.717, 1.165) is 12.3 Å². The van der Waals surface area contributed by atoms with Gasteiger partial charge in [0, 0.05) is 12.0 Å². The van der Waals surface area contributed by atoms with Crippen LogP contribution in [-0.4, -0.2) is 13.7 Å². The van der Waals surface area contributed by atoms with Crippen molar-refractivity contribution in [1.82, 2.24) is 0 Å².